The summed E-state index contributed by atoms with van der Waals surface area (Å²) in [5.74, 6) is -0.495. The Balaban J connectivity index is 2.42. The monoisotopic (exact) mass is 217 g/mol. The summed E-state index contributed by atoms with van der Waals surface area (Å²) in [6.45, 7) is 3.27. The summed E-state index contributed by atoms with van der Waals surface area (Å²) >= 11 is 0. The molecule has 0 spiro atoms. The van der Waals surface area contributed by atoms with Crippen molar-refractivity contribution in [1.82, 2.24) is 0 Å². The SMILES string of the molecule is CC1=C(C)C(=O)N(c2ccc(O)cc2)C1=O. The lowest BCUT2D eigenvalue weighted by atomic mass is 10.2. The number of hydrogen-bond donors (Lipinski definition) is 1. The van der Waals surface area contributed by atoms with Crippen LogP contribution in [0, 0.1) is 0 Å². The van der Waals surface area contributed by atoms with Crippen molar-refractivity contribution < 1.29 is 14.7 Å². The molecule has 0 saturated carbocycles. The van der Waals surface area contributed by atoms with E-state index in [0.29, 0.717) is 16.8 Å². The zero-order valence-electron chi connectivity index (χ0n) is 9.02. The first-order valence-corrected chi connectivity index (χ1v) is 4.87. The molecule has 0 aromatic heterocycles. The summed E-state index contributed by atoms with van der Waals surface area (Å²) in [5.41, 5.74) is 1.42. The number of aromatic hydroxyl groups is 1. The zero-order chi connectivity index (χ0) is 11.9. The topological polar surface area (TPSA) is 57.6 Å². The standard InChI is InChI=1S/C12H11NO3/c1-7-8(2)12(16)13(11(7)15)9-3-5-10(14)6-4-9/h3-6,14H,1-2H3. The molecule has 4 nitrogen and oxygen atoms in total. The Morgan fingerprint density at radius 3 is 1.81 bits per heavy atom. The molecule has 1 aliphatic heterocycles. The molecule has 1 aliphatic rings. The van der Waals surface area contributed by atoms with E-state index in [1.54, 1.807) is 13.8 Å². The Bertz CT molecular complexity index is 476. The van der Waals surface area contributed by atoms with Crippen molar-refractivity contribution in [3.63, 3.8) is 0 Å². The molecule has 0 aliphatic carbocycles. The lowest BCUT2D eigenvalue weighted by molar-refractivity contribution is -0.120. The number of imide groups is 1. The number of anilines is 1. The van der Waals surface area contributed by atoms with Crippen molar-refractivity contribution >= 4 is 17.5 Å². The van der Waals surface area contributed by atoms with Gasteiger partial charge in [-0.2, -0.15) is 0 Å². The zero-order valence-corrected chi connectivity index (χ0v) is 9.02. The van der Waals surface area contributed by atoms with Gasteiger partial charge >= 0.3 is 0 Å². The average Bonchev–Trinajstić information content (AvgIpc) is 2.46. The van der Waals surface area contributed by atoms with Crippen LogP contribution >= 0.6 is 0 Å². The Labute approximate surface area is 92.8 Å². The summed E-state index contributed by atoms with van der Waals surface area (Å²) in [7, 11) is 0. The molecular weight excluding hydrogens is 206 g/mol. The first kappa shape index (κ1) is 10.4. The van der Waals surface area contributed by atoms with Gasteiger partial charge < -0.3 is 5.11 Å². The van der Waals surface area contributed by atoms with E-state index in [4.69, 9.17) is 5.11 Å². The van der Waals surface area contributed by atoms with E-state index in [1.165, 1.54) is 24.3 Å². The summed E-state index contributed by atoms with van der Waals surface area (Å²) in [5, 5.41) is 9.14. The van der Waals surface area contributed by atoms with E-state index in [0.717, 1.165) is 4.90 Å². The van der Waals surface area contributed by atoms with Gasteiger partial charge in [0.2, 0.25) is 0 Å². The molecule has 0 unspecified atom stereocenters. The number of amides is 2. The molecule has 2 amide bonds. The molecule has 1 heterocycles. The number of carbonyl (C=O) groups excluding carboxylic acids is 2. The molecule has 0 radical (unpaired) electrons. The van der Waals surface area contributed by atoms with Crippen LogP contribution in [-0.4, -0.2) is 16.9 Å². The van der Waals surface area contributed by atoms with Crippen LogP contribution in [0.5, 0.6) is 5.75 Å². The Kier molecular flexibility index (Phi) is 2.27. The molecule has 4 heteroatoms. The second-order valence-electron chi connectivity index (χ2n) is 3.71. The molecule has 0 atom stereocenters. The van der Waals surface area contributed by atoms with Crippen molar-refractivity contribution in [2.75, 3.05) is 4.90 Å². The fourth-order valence-electron chi connectivity index (χ4n) is 1.58. The number of nitrogens with zero attached hydrogens (tertiary/aromatic N) is 1. The minimum atomic E-state index is -0.298. The minimum absolute atomic E-state index is 0.101. The largest absolute Gasteiger partial charge is 0.508 e. The highest BCUT2D eigenvalue weighted by Gasteiger charge is 2.34. The van der Waals surface area contributed by atoms with E-state index in [9.17, 15) is 9.59 Å². The van der Waals surface area contributed by atoms with Gasteiger partial charge in [0, 0.05) is 11.1 Å². The van der Waals surface area contributed by atoms with Crippen LogP contribution in [0.4, 0.5) is 5.69 Å². The Morgan fingerprint density at radius 2 is 1.38 bits per heavy atom. The van der Waals surface area contributed by atoms with Crippen molar-refractivity contribution in [1.29, 1.82) is 0 Å². The summed E-state index contributed by atoms with van der Waals surface area (Å²) in [4.78, 5) is 24.7. The number of benzene rings is 1. The third kappa shape index (κ3) is 1.39. The number of hydrogen-bond acceptors (Lipinski definition) is 3. The van der Waals surface area contributed by atoms with Gasteiger partial charge in [-0.25, -0.2) is 4.90 Å². The lowest BCUT2D eigenvalue weighted by Crippen LogP contribution is -2.31. The maximum Gasteiger partial charge on any atom is 0.261 e. The molecule has 16 heavy (non-hydrogen) atoms. The van der Waals surface area contributed by atoms with Gasteiger partial charge in [0.15, 0.2) is 0 Å². The number of carbonyl (C=O) groups is 2. The van der Waals surface area contributed by atoms with Gasteiger partial charge in [-0.3, -0.25) is 9.59 Å². The highest BCUT2D eigenvalue weighted by atomic mass is 16.3. The first-order chi connectivity index (χ1) is 7.52. The fourth-order valence-corrected chi connectivity index (χ4v) is 1.58. The fraction of sp³-hybridized carbons (Fsp3) is 0.167. The predicted molar refractivity (Wildman–Crippen MR) is 59.0 cm³/mol. The molecule has 2 rings (SSSR count). The van der Waals surface area contributed by atoms with Crippen LogP contribution in [0.25, 0.3) is 0 Å². The third-order valence-electron chi connectivity index (χ3n) is 2.72. The van der Waals surface area contributed by atoms with Crippen molar-refractivity contribution in [2.24, 2.45) is 0 Å². The maximum atomic E-state index is 11.8. The van der Waals surface area contributed by atoms with Gasteiger partial charge in [0.05, 0.1) is 5.69 Å². The highest BCUT2D eigenvalue weighted by Crippen LogP contribution is 2.27. The Hall–Kier alpha value is -2.10. The number of phenolic OH excluding ortho intramolecular Hbond substituents is 1. The molecule has 1 aromatic rings. The van der Waals surface area contributed by atoms with Gasteiger partial charge in [-0.1, -0.05) is 0 Å². The molecule has 1 aromatic carbocycles. The molecule has 0 bridgehead atoms. The minimum Gasteiger partial charge on any atom is -0.508 e. The van der Waals surface area contributed by atoms with Gasteiger partial charge in [0.1, 0.15) is 5.75 Å². The normalized spacial score (nSPS) is 16.2. The van der Waals surface area contributed by atoms with Crippen LogP contribution in [0.1, 0.15) is 13.8 Å². The second-order valence-corrected chi connectivity index (χ2v) is 3.71. The van der Waals surface area contributed by atoms with Gasteiger partial charge in [0.25, 0.3) is 11.8 Å². The average molecular weight is 217 g/mol. The summed E-state index contributed by atoms with van der Waals surface area (Å²) in [6.07, 6.45) is 0. The quantitative estimate of drug-likeness (QED) is 0.727. The molecule has 0 saturated heterocycles. The molecule has 1 N–H and O–H groups in total. The van der Waals surface area contributed by atoms with E-state index in [2.05, 4.69) is 0 Å². The number of rotatable bonds is 1. The first-order valence-electron chi connectivity index (χ1n) is 4.87. The van der Waals surface area contributed by atoms with E-state index in [-0.39, 0.29) is 17.6 Å². The van der Waals surface area contributed by atoms with E-state index < -0.39 is 0 Å². The van der Waals surface area contributed by atoms with Crippen molar-refractivity contribution in [3.05, 3.63) is 35.4 Å². The predicted octanol–water partition coefficient (Wildman–Crippen LogP) is 1.60. The van der Waals surface area contributed by atoms with Gasteiger partial charge in [-0.15, -0.1) is 0 Å². The Morgan fingerprint density at radius 1 is 0.938 bits per heavy atom. The molecule has 82 valence electrons. The van der Waals surface area contributed by atoms with E-state index in [1.807, 2.05) is 0 Å². The van der Waals surface area contributed by atoms with Crippen LogP contribution in [-0.2, 0) is 9.59 Å². The van der Waals surface area contributed by atoms with E-state index >= 15 is 0 Å². The van der Waals surface area contributed by atoms with Crippen LogP contribution < -0.4 is 4.90 Å². The van der Waals surface area contributed by atoms with Crippen LogP contribution in [0.3, 0.4) is 0 Å². The smallest absolute Gasteiger partial charge is 0.261 e. The summed E-state index contributed by atoms with van der Waals surface area (Å²) in [6, 6.07) is 5.96. The third-order valence-corrected chi connectivity index (χ3v) is 2.72. The van der Waals surface area contributed by atoms with Crippen molar-refractivity contribution in [3.8, 4) is 5.75 Å². The number of phenols is 1. The molecular formula is C12H11NO3. The van der Waals surface area contributed by atoms with Gasteiger partial charge in [-0.05, 0) is 38.1 Å². The maximum absolute atomic E-state index is 11.8. The second kappa shape index (κ2) is 3.48. The summed E-state index contributed by atoms with van der Waals surface area (Å²) < 4.78 is 0. The lowest BCUT2D eigenvalue weighted by Gasteiger charge is -2.14. The van der Waals surface area contributed by atoms with Crippen LogP contribution in [0.15, 0.2) is 35.4 Å². The van der Waals surface area contributed by atoms with Crippen molar-refractivity contribution in [2.45, 2.75) is 13.8 Å². The molecule has 0 fully saturated rings. The van der Waals surface area contributed by atoms with Crippen LogP contribution in [0.2, 0.25) is 0 Å². The highest BCUT2D eigenvalue weighted by molar-refractivity contribution is 6.32.